The van der Waals surface area contributed by atoms with Crippen LogP contribution in [0.2, 0.25) is 0 Å². The fourth-order valence-corrected chi connectivity index (χ4v) is 1.96. The molecule has 0 aromatic carbocycles. The molecule has 130 valence electrons. The van der Waals surface area contributed by atoms with E-state index in [0.717, 1.165) is 6.54 Å². The van der Waals surface area contributed by atoms with Crippen molar-refractivity contribution in [2.45, 2.75) is 78.1 Å². The Morgan fingerprint density at radius 1 is 0.857 bits per heavy atom. The van der Waals surface area contributed by atoms with Gasteiger partial charge < -0.3 is 5.73 Å². The van der Waals surface area contributed by atoms with Crippen LogP contribution in [0, 0.1) is 0 Å². The van der Waals surface area contributed by atoms with E-state index in [0.29, 0.717) is 0 Å². The largest absolute Gasteiger partial charge is 0.424 e. The lowest BCUT2D eigenvalue weighted by molar-refractivity contribution is -0.203. The zero-order chi connectivity index (χ0) is 16.4. The molecule has 0 fully saturated rings. The molecule has 6 nitrogen and oxygen atoms in total. The molecule has 3 N–H and O–H groups in total. The van der Waals surface area contributed by atoms with Crippen LogP contribution in [-0.4, -0.2) is 26.1 Å². The highest BCUT2D eigenvalue weighted by molar-refractivity contribution is 7.80. The first-order valence-corrected chi connectivity index (χ1v) is 9.33. The van der Waals surface area contributed by atoms with E-state index in [1.165, 1.54) is 71.1 Å². The summed E-state index contributed by atoms with van der Waals surface area (Å²) < 4.78 is 30.4. The van der Waals surface area contributed by atoms with Gasteiger partial charge in [-0.25, -0.2) is 4.89 Å². The molecule has 0 aliphatic heterocycles. The lowest BCUT2D eigenvalue weighted by atomic mass is 10.1. The van der Waals surface area contributed by atoms with E-state index in [9.17, 15) is 8.42 Å². The third-order valence-electron chi connectivity index (χ3n) is 2.81. The van der Waals surface area contributed by atoms with Crippen molar-refractivity contribution in [2.24, 2.45) is 5.73 Å². The van der Waals surface area contributed by atoms with Crippen LogP contribution in [0.4, 0.5) is 0 Å². The zero-order valence-electron chi connectivity index (χ0n) is 13.6. The Labute approximate surface area is 130 Å². The molecular weight excluding hydrogens is 294 g/mol. The van der Waals surface area contributed by atoms with E-state index in [1.807, 2.05) is 0 Å². The van der Waals surface area contributed by atoms with Gasteiger partial charge in [-0.1, -0.05) is 69.0 Å². The fourth-order valence-electron chi connectivity index (χ4n) is 1.74. The monoisotopic (exact) mass is 327 g/mol. The topological polar surface area (TPSA) is 98.9 Å². The van der Waals surface area contributed by atoms with Crippen LogP contribution in [0.1, 0.15) is 78.1 Å². The van der Waals surface area contributed by atoms with Crippen molar-refractivity contribution >= 4 is 10.4 Å². The summed E-state index contributed by atoms with van der Waals surface area (Å²) in [6.07, 6.45) is 13.9. The maximum absolute atomic E-state index is 9.60. The van der Waals surface area contributed by atoms with Crippen LogP contribution in [-0.2, 0) is 19.6 Å². The predicted octanol–water partition coefficient (Wildman–Crippen LogP) is 3.62. The van der Waals surface area contributed by atoms with Crippen molar-refractivity contribution in [1.29, 1.82) is 0 Å². The molecule has 0 atom stereocenters. The van der Waals surface area contributed by atoms with Crippen molar-refractivity contribution < 1.29 is 22.2 Å². The van der Waals surface area contributed by atoms with Crippen LogP contribution < -0.4 is 5.73 Å². The summed E-state index contributed by atoms with van der Waals surface area (Å²) in [6, 6.07) is 0. The van der Waals surface area contributed by atoms with Crippen molar-refractivity contribution in [1.82, 2.24) is 0 Å². The smallest absolute Gasteiger partial charge is 0.330 e. The number of hydrogen-bond acceptors (Lipinski definition) is 5. The highest BCUT2D eigenvalue weighted by Crippen LogP contribution is 2.09. The van der Waals surface area contributed by atoms with Gasteiger partial charge in [0, 0.05) is 0 Å². The SMILES string of the molecule is CCCCCCCCCCCCN.CCOOS(=O)(=O)O. The Balaban J connectivity index is 0. The van der Waals surface area contributed by atoms with Gasteiger partial charge in [0.25, 0.3) is 0 Å². The summed E-state index contributed by atoms with van der Waals surface area (Å²) in [5, 5.41) is 0. The first-order valence-electron chi connectivity index (χ1n) is 7.96. The Morgan fingerprint density at radius 2 is 1.29 bits per heavy atom. The van der Waals surface area contributed by atoms with Gasteiger partial charge in [-0.15, -0.1) is 0 Å². The van der Waals surface area contributed by atoms with E-state index in [1.54, 1.807) is 0 Å². The second-order valence-electron chi connectivity index (χ2n) is 4.87. The molecule has 0 radical (unpaired) electrons. The normalized spacial score (nSPS) is 11.0. The molecule has 7 heteroatoms. The van der Waals surface area contributed by atoms with Crippen LogP contribution in [0.25, 0.3) is 0 Å². The Morgan fingerprint density at radius 3 is 1.57 bits per heavy atom. The third kappa shape index (κ3) is 28.6. The van der Waals surface area contributed by atoms with Gasteiger partial charge in [0.05, 0.1) is 6.61 Å². The second-order valence-corrected chi connectivity index (χ2v) is 5.86. The van der Waals surface area contributed by atoms with Crippen LogP contribution in [0.3, 0.4) is 0 Å². The predicted molar refractivity (Wildman–Crippen MR) is 85.2 cm³/mol. The Hall–Kier alpha value is -0.210. The third-order valence-corrected chi connectivity index (χ3v) is 3.08. The lowest BCUT2D eigenvalue weighted by Gasteiger charge is -2.00. The first kappa shape index (κ1) is 23.1. The Kier molecular flexibility index (Phi) is 19.6. The summed E-state index contributed by atoms with van der Waals surface area (Å²) in [4.78, 5) is 3.86. The summed E-state index contributed by atoms with van der Waals surface area (Å²) >= 11 is 0. The minimum absolute atomic E-state index is 0.0692. The summed E-state index contributed by atoms with van der Waals surface area (Å²) in [5.41, 5.74) is 5.42. The molecule has 0 bridgehead atoms. The molecule has 0 aliphatic rings. The lowest BCUT2D eigenvalue weighted by Crippen LogP contribution is -2.03. The van der Waals surface area contributed by atoms with Gasteiger partial charge in [0.15, 0.2) is 0 Å². The molecule has 0 spiro atoms. The average molecular weight is 327 g/mol. The summed E-state index contributed by atoms with van der Waals surface area (Å²) in [7, 11) is -4.41. The van der Waals surface area contributed by atoms with Crippen molar-refractivity contribution in [3.8, 4) is 0 Å². The zero-order valence-corrected chi connectivity index (χ0v) is 14.4. The van der Waals surface area contributed by atoms with E-state index in [2.05, 4.69) is 16.1 Å². The van der Waals surface area contributed by atoms with Gasteiger partial charge >= 0.3 is 10.4 Å². The number of unbranched alkanes of at least 4 members (excludes halogenated alkanes) is 9. The van der Waals surface area contributed by atoms with Crippen molar-refractivity contribution in [3.05, 3.63) is 0 Å². The molecule has 0 heterocycles. The van der Waals surface area contributed by atoms with E-state index in [4.69, 9.17) is 10.3 Å². The molecular formula is C14H33NO5S. The molecule has 0 aromatic rings. The van der Waals surface area contributed by atoms with Gasteiger partial charge in [-0.3, -0.25) is 4.55 Å². The fraction of sp³-hybridized carbons (Fsp3) is 1.00. The first-order chi connectivity index (χ1) is 9.97. The molecule has 0 rings (SSSR count). The molecule has 0 aromatic heterocycles. The van der Waals surface area contributed by atoms with E-state index < -0.39 is 10.4 Å². The standard InChI is InChI=1S/C12H27N.C2H6O5S/c1-2-3-4-5-6-7-8-9-10-11-12-13;1-2-6-7-8(3,4)5/h2-13H2,1H3;2H2,1H3,(H,3,4,5). The quantitative estimate of drug-likeness (QED) is 0.232. The van der Waals surface area contributed by atoms with Gasteiger partial charge in [0.1, 0.15) is 0 Å². The number of nitrogens with two attached hydrogens (primary N) is 1. The maximum atomic E-state index is 9.60. The number of rotatable bonds is 13. The maximum Gasteiger partial charge on any atom is 0.424 e. The van der Waals surface area contributed by atoms with Crippen LogP contribution in [0.5, 0.6) is 0 Å². The summed E-state index contributed by atoms with van der Waals surface area (Å²) in [5.74, 6) is 0. The highest BCUT2D eigenvalue weighted by Gasteiger charge is 2.02. The molecule has 0 aliphatic carbocycles. The van der Waals surface area contributed by atoms with Crippen molar-refractivity contribution in [2.75, 3.05) is 13.2 Å². The highest BCUT2D eigenvalue weighted by atomic mass is 32.3. The molecule has 0 saturated heterocycles. The summed E-state index contributed by atoms with van der Waals surface area (Å²) in [6.45, 7) is 4.73. The van der Waals surface area contributed by atoms with Gasteiger partial charge in [-0.2, -0.15) is 8.42 Å². The van der Waals surface area contributed by atoms with Gasteiger partial charge in [-0.05, 0) is 19.9 Å². The number of hydrogen-bond donors (Lipinski definition) is 2. The molecule has 0 saturated carbocycles. The minimum atomic E-state index is -4.41. The molecule has 0 unspecified atom stereocenters. The van der Waals surface area contributed by atoms with Gasteiger partial charge in [0.2, 0.25) is 0 Å². The van der Waals surface area contributed by atoms with E-state index >= 15 is 0 Å². The average Bonchev–Trinajstić information content (AvgIpc) is 2.43. The van der Waals surface area contributed by atoms with Crippen LogP contribution in [0.15, 0.2) is 0 Å². The molecule has 0 amide bonds. The second kappa shape index (κ2) is 17.8. The Bertz CT molecular complexity index is 273. The molecule has 21 heavy (non-hydrogen) atoms. The van der Waals surface area contributed by atoms with E-state index in [-0.39, 0.29) is 6.61 Å². The van der Waals surface area contributed by atoms with Crippen molar-refractivity contribution in [3.63, 3.8) is 0 Å². The van der Waals surface area contributed by atoms with Crippen LogP contribution >= 0.6 is 0 Å². The minimum Gasteiger partial charge on any atom is -0.330 e.